The minimum absolute atomic E-state index is 0.0551. The minimum atomic E-state index is -0.364. The molecule has 0 aliphatic carbocycles. The van der Waals surface area contributed by atoms with Crippen LogP contribution in [0.1, 0.15) is 21.7 Å². The van der Waals surface area contributed by atoms with E-state index in [9.17, 15) is 9.59 Å². The predicted octanol–water partition coefficient (Wildman–Crippen LogP) is 1.03. The molecule has 0 fully saturated rings. The van der Waals surface area contributed by atoms with Crippen LogP contribution in [0.25, 0.3) is 0 Å². The minimum Gasteiger partial charge on any atom is -0.378 e. The highest BCUT2D eigenvalue weighted by molar-refractivity contribution is 5.95. The van der Waals surface area contributed by atoms with E-state index in [0.29, 0.717) is 5.56 Å². The fraction of sp³-hybridized carbons (Fsp3) is 0.312. The van der Waals surface area contributed by atoms with E-state index in [1.54, 1.807) is 16.8 Å². The van der Waals surface area contributed by atoms with Gasteiger partial charge in [0.25, 0.3) is 11.8 Å². The molecule has 122 valence electrons. The maximum atomic E-state index is 12.0. The predicted molar refractivity (Wildman–Crippen MR) is 88.1 cm³/mol. The molecule has 0 unspecified atom stereocenters. The molecule has 2 rings (SSSR count). The van der Waals surface area contributed by atoms with Crippen LogP contribution in [0.4, 0.5) is 5.69 Å². The largest absolute Gasteiger partial charge is 0.378 e. The van der Waals surface area contributed by atoms with Crippen LogP contribution >= 0.6 is 0 Å². The number of hydrogen-bond acceptors (Lipinski definition) is 4. The zero-order valence-electron chi connectivity index (χ0n) is 13.8. The first-order valence-corrected chi connectivity index (χ1v) is 7.24. The third-order valence-electron chi connectivity index (χ3n) is 3.36. The standard InChI is InChI=1S/C16H21N5O2/c1-11-9-12(2)21(19-11)10-15(22)17-18-16(23)13-5-7-14(8-6-13)20(3)4/h5-9H,10H2,1-4H3,(H,17,22)(H,18,23). The van der Waals surface area contributed by atoms with E-state index in [-0.39, 0.29) is 18.4 Å². The number of benzene rings is 1. The summed E-state index contributed by atoms with van der Waals surface area (Å²) in [5.74, 6) is -0.702. The van der Waals surface area contributed by atoms with Crippen molar-refractivity contribution in [2.45, 2.75) is 20.4 Å². The van der Waals surface area contributed by atoms with Crippen molar-refractivity contribution < 1.29 is 9.59 Å². The highest BCUT2D eigenvalue weighted by atomic mass is 16.2. The smallest absolute Gasteiger partial charge is 0.269 e. The zero-order chi connectivity index (χ0) is 17.0. The van der Waals surface area contributed by atoms with Gasteiger partial charge in [-0.3, -0.25) is 25.1 Å². The van der Waals surface area contributed by atoms with Gasteiger partial charge in [0.2, 0.25) is 0 Å². The number of carbonyl (C=O) groups excluding carboxylic acids is 2. The second-order valence-electron chi connectivity index (χ2n) is 5.53. The number of hydrazine groups is 1. The summed E-state index contributed by atoms with van der Waals surface area (Å²) in [5, 5.41) is 4.20. The van der Waals surface area contributed by atoms with Crippen LogP contribution in [0.15, 0.2) is 30.3 Å². The van der Waals surface area contributed by atoms with Gasteiger partial charge >= 0.3 is 0 Å². The Labute approximate surface area is 135 Å². The average molecular weight is 315 g/mol. The molecule has 2 N–H and O–H groups in total. The molecule has 7 nitrogen and oxygen atoms in total. The average Bonchev–Trinajstić information content (AvgIpc) is 2.82. The summed E-state index contributed by atoms with van der Waals surface area (Å²) >= 11 is 0. The van der Waals surface area contributed by atoms with Gasteiger partial charge in [-0.05, 0) is 44.2 Å². The lowest BCUT2D eigenvalue weighted by Gasteiger charge is -2.13. The summed E-state index contributed by atoms with van der Waals surface area (Å²) in [6.07, 6.45) is 0. The Bertz CT molecular complexity index is 704. The molecule has 23 heavy (non-hydrogen) atoms. The summed E-state index contributed by atoms with van der Waals surface area (Å²) in [7, 11) is 3.85. The van der Waals surface area contributed by atoms with Gasteiger partial charge in [-0.2, -0.15) is 5.10 Å². The number of carbonyl (C=O) groups is 2. The molecule has 2 amide bonds. The van der Waals surface area contributed by atoms with Crippen molar-refractivity contribution in [3.63, 3.8) is 0 Å². The first-order valence-electron chi connectivity index (χ1n) is 7.24. The van der Waals surface area contributed by atoms with Crippen LogP contribution in [-0.4, -0.2) is 35.7 Å². The molecule has 0 spiro atoms. The fourth-order valence-electron chi connectivity index (χ4n) is 2.12. The maximum absolute atomic E-state index is 12.0. The highest BCUT2D eigenvalue weighted by Crippen LogP contribution is 2.11. The Morgan fingerprint density at radius 1 is 1.13 bits per heavy atom. The van der Waals surface area contributed by atoms with Gasteiger partial charge in [-0.15, -0.1) is 0 Å². The van der Waals surface area contributed by atoms with Gasteiger partial charge in [0.1, 0.15) is 6.54 Å². The lowest BCUT2D eigenvalue weighted by Crippen LogP contribution is -2.43. The second-order valence-corrected chi connectivity index (χ2v) is 5.53. The van der Waals surface area contributed by atoms with Crippen LogP contribution in [0.5, 0.6) is 0 Å². The van der Waals surface area contributed by atoms with E-state index in [1.165, 1.54) is 0 Å². The van der Waals surface area contributed by atoms with Crippen molar-refractivity contribution in [2.75, 3.05) is 19.0 Å². The third kappa shape index (κ3) is 4.32. The van der Waals surface area contributed by atoms with Crippen LogP contribution in [0.3, 0.4) is 0 Å². The molecule has 0 atom stereocenters. The Kier molecular flexibility index (Phi) is 5.00. The Morgan fingerprint density at radius 2 is 1.78 bits per heavy atom. The summed E-state index contributed by atoms with van der Waals surface area (Å²) in [6, 6.07) is 8.98. The molecule has 1 aromatic carbocycles. The number of hydrogen-bond donors (Lipinski definition) is 2. The second kappa shape index (κ2) is 6.95. The van der Waals surface area contributed by atoms with Gasteiger partial charge in [-0.25, -0.2) is 0 Å². The van der Waals surface area contributed by atoms with Crippen molar-refractivity contribution in [3.05, 3.63) is 47.3 Å². The van der Waals surface area contributed by atoms with Gasteiger partial charge in [0.05, 0.1) is 5.69 Å². The Hall–Kier alpha value is -2.83. The molecule has 0 aliphatic rings. The molecule has 0 bridgehead atoms. The van der Waals surface area contributed by atoms with Gasteiger partial charge in [0.15, 0.2) is 0 Å². The summed E-state index contributed by atoms with van der Waals surface area (Å²) in [5.41, 5.74) is 8.00. The molecule has 0 saturated carbocycles. The van der Waals surface area contributed by atoms with Crippen molar-refractivity contribution in [1.82, 2.24) is 20.6 Å². The summed E-state index contributed by atoms with van der Waals surface area (Å²) in [4.78, 5) is 25.8. The number of aromatic nitrogens is 2. The number of nitrogens with one attached hydrogen (secondary N) is 2. The van der Waals surface area contributed by atoms with Crippen LogP contribution < -0.4 is 15.8 Å². The fourth-order valence-corrected chi connectivity index (χ4v) is 2.12. The van der Waals surface area contributed by atoms with E-state index in [1.807, 2.05) is 51.0 Å². The number of amides is 2. The molecule has 1 heterocycles. The quantitative estimate of drug-likeness (QED) is 0.826. The topological polar surface area (TPSA) is 79.3 Å². The molecule has 0 radical (unpaired) electrons. The van der Waals surface area contributed by atoms with Crippen LogP contribution in [0, 0.1) is 13.8 Å². The van der Waals surface area contributed by atoms with E-state index < -0.39 is 0 Å². The van der Waals surface area contributed by atoms with Gasteiger partial charge < -0.3 is 4.90 Å². The van der Waals surface area contributed by atoms with E-state index in [0.717, 1.165) is 17.1 Å². The van der Waals surface area contributed by atoms with Gasteiger partial charge in [0, 0.05) is 31.0 Å². The van der Waals surface area contributed by atoms with Gasteiger partial charge in [-0.1, -0.05) is 0 Å². The van der Waals surface area contributed by atoms with Crippen LogP contribution in [0.2, 0.25) is 0 Å². The summed E-state index contributed by atoms with van der Waals surface area (Å²) < 4.78 is 1.59. The normalized spacial score (nSPS) is 10.3. The number of anilines is 1. The first-order chi connectivity index (χ1) is 10.9. The molecular weight excluding hydrogens is 294 g/mol. The van der Waals surface area contributed by atoms with Crippen molar-refractivity contribution in [2.24, 2.45) is 0 Å². The molecule has 2 aromatic rings. The lowest BCUT2D eigenvalue weighted by molar-refractivity contribution is -0.122. The molecule has 0 aliphatic heterocycles. The Morgan fingerprint density at radius 3 is 2.30 bits per heavy atom. The molecule has 0 saturated heterocycles. The summed E-state index contributed by atoms with van der Waals surface area (Å²) in [6.45, 7) is 3.79. The maximum Gasteiger partial charge on any atom is 0.269 e. The molecular formula is C16H21N5O2. The molecule has 7 heteroatoms. The van der Waals surface area contributed by atoms with E-state index in [2.05, 4.69) is 16.0 Å². The molecule has 1 aromatic heterocycles. The third-order valence-corrected chi connectivity index (χ3v) is 3.36. The van der Waals surface area contributed by atoms with Crippen molar-refractivity contribution in [3.8, 4) is 0 Å². The monoisotopic (exact) mass is 315 g/mol. The van der Waals surface area contributed by atoms with Crippen molar-refractivity contribution >= 4 is 17.5 Å². The number of aryl methyl sites for hydroxylation is 2. The van der Waals surface area contributed by atoms with E-state index >= 15 is 0 Å². The number of rotatable bonds is 4. The Balaban J connectivity index is 1.88. The van der Waals surface area contributed by atoms with E-state index in [4.69, 9.17) is 0 Å². The van der Waals surface area contributed by atoms with Crippen LogP contribution in [-0.2, 0) is 11.3 Å². The zero-order valence-corrected chi connectivity index (χ0v) is 13.8. The highest BCUT2D eigenvalue weighted by Gasteiger charge is 2.10. The lowest BCUT2D eigenvalue weighted by atomic mass is 10.2. The number of nitrogens with zero attached hydrogens (tertiary/aromatic N) is 3. The first kappa shape index (κ1) is 16.5. The SMILES string of the molecule is Cc1cc(C)n(CC(=O)NNC(=O)c2ccc(N(C)C)cc2)n1. The van der Waals surface area contributed by atoms with Crippen molar-refractivity contribution in [1.29, 1.82) is 0 Å².